The summed E-state index contributed by atoms with van der Waals surface area (Å²) in [5.41, 5.74) is 4.39. The van der Waals surface area contributed by atoms with Gasteiger partial charge in [0.2, 0.25) is 0 Å². The number of benzene rings is 1. The van der Waals surface area contributed by atoms with E-state index >= 15 is 0 Å². The van der Waals surface area contributed by atoms with Gasteiger partial charge in [-0.15, -0.1) is 0 Å². The highest BCUT2D eigenvalue weighted by Crippen LogP contribution is 2.39. The Balaban J connectivity index is 2.31. The topological polar surface area (TPSA) is 15.3 Å². The fourth-order valence-electron chi connectivity index (χ4n) is 3.19. The van der Waals surface area contributed by atoms with E-state index in [1.807, 2.05) is 0 Å². The second-order valence-electron chi connectivity index (χ2n) is 6.14. The van der Waals surface area contributed by atoms with Gasteiger partial charge in [-0.05, 0) is 70.8 Å². The number of hydrogen-bond donors (Lipinski definition) is 1. The summed E-state index contributed by atoms with van der Waals surface area (Å²) in [6, 6.07) is 6.78. The normalized spacial score (nSPS) is 22.5. The molecule has 0 bridgehead atoms. The lowest BCUT2D eigenvalue weighted by molar-refractivity contribution is 0.356. The van der Waals surface area contributed by atoms with Crippen LogP contribution in [0.1, 0.15) is 31.4 Å². The van der Waals surface area contributed by atoms with Gasteiger partial charge in [-0.3, -0.25) is 0 Å². The van der Waals surface area contributed by atoms with Gasteiger partial charge in [0, 0.05) is 17.8 Å². The Kier molecular flexibility index (Phi) is 3.67. The Morgan fingerprint density at radius 3 is 2.72 bits per heavy atom. The molecule has 0 amide bonds. The largest absolute Gasteiger partial charge is 0.366 e. The molecule has 18 heavy (non-hydrogen) atoms. The van der Waals surface area contributed by atoms with E-state index in [0.717, 1.165) is 12.5 Å². The Morgan fingerprint density at radius 2 is 2.06 bits per heavy atom. The Labute approximate surface area is 111 Å². The van der Waals surface area contributed by atoms with Crippen LogP contribution >= 0.6 is 0 Å². The lowest BCUT2D eigenvalue weighted by Crippen LogP contribution is -2.45. The standard InChI is InChI=1S/C16H26N2/c1-12-6-7-13(2)15(10-12)18-9-8-14(11-17-5)16(18,3)4/h6-7,10,14,17H,8-9,11H2,1-5H3. The summed E-state index contributed by atoms with van der Waals surface area (Å²) in [5, 5.41) is 3.34. The zero-order chi connectivity index (χ0) is 13.3. The van der Waals surface area contributed by atoms with E-state index in [0.29, 0.717) is 0 Å². The Morgan fingerprint density at radius 1 is 1.33 bits per heavy atom. The number of nitrogens with one attached hydrogen (secondary N) is 1. The summed E-state index contributed by atoms with van der Waals surface area (Å²) in [7, 11) is 2.05. The van der Waals surface area contributed by atoms with Gasteiger partial charge < -0.3 is 10.2 Å². The highest BCUT2D eigenvalue weighted by atomic mass is 15.2. The van der Waals surface area contributed by atoms with E-state index < -0.39 is 0 Å². The zero-order valence-electron chi connectivity index (χ0n) is 12.4. The van der Waals surface area contributed by atoms with Gasteiger partial charge in [0.25, 0.3) is 0 Å². The van der Waals surface area contributed by atoms with Crippen molar-refractivity contribution >= 4 is 5.69 Å². The molecule has 1 aromatic carbocycles. The van der Waals surface area contributed by atoms with Gasteiger partial charge in [-0.25, -0.2) is 0 Å². The highest BCUT2D eigenvalue weighted by Gasteiger charge is 2.41. The quantitative estimate of drug-likeness (QED) is 0.881. The van der Waals surface area contributed by atoms with Crippen LogP contribution in [0, 0.1) is 19.8 Å². The zero-order valence-corrected chi connectivity index (χ0v) is 12.4. The molecule has 0 aromatic heterocycles. The SMILES string of the molecule is CNCC1CCN(c2cc(C)ccc2C)C1(C)C. The first-order valence-corrected chi connectivity index (χ1v) is 6.96. The predicted molar refractivity (Wildman–Crippen MR) is 79.4 cm³/mol. The molecule has 1 aliphatic rings. The van der Waals surface area contributed by atoms with E-state index in [1.54, 1.807) is 0 Å². The molecule has 1 fully saturated rings. The van der Waals surface area contributed by atoms with E-state index in [2.05, 4.69) is 63.2 Å². The summed E-state index contributed by atoms with van der Waals surface area (Å²) in [4.78, 5) is 2.59. The summed E-state index contributed by atoms with van der Waals surface area (Å²) in [6.07, 6.45) is 1.28. The molecule has 2 rings (SSSR count). The van der Waals surface area contributed by atoms with Gasteiger partial charge in [0.1, 0.15) is 0 Å². The van der Waals surface area contributed by atoms with Crippen LogP contribution in [-0.4, -0.2) is 25.7 Å². The van der Waals surface area contributed by atoms with Crippen molar-refractivity contribution in [2.24, 2.45) is 5.92 Å². The minimum atomic E-state index is 0.238. The molecular weight excluding hydrogens is 220 g/mol. The summed E-state index contributed by atoms with van der Waals surface area (Å²) in [5.74, 6) is 0.724. The van der Waals surface area contributed by atoms with Crippen molar-refractivity contribution in [1.82, 2.24) is 5.32 Å². The molecule has 1 heterocycles. The molecule has 1 unspecified atom stereocenters. The molecule has 2 nitrogen and oxygen atoms in total. The van der Waals surface area contributed by atoms with Crippen molar-refractivity contribution in [1.29, 1.82) is 0 Å². The highest BCUT2D eigenvalue weighted by molar-refractivity contribution is 5.57. The third-order valence-corrected chi connectivity index (χ3v) is 4.50. The van der Waals surface area contributed by atoms with Crippen LogP contribution in [0.3, 0.4) is 0 Å². The molecule has 0 saturated carbocycles. The summed E-state index contributed by atoms with van der Waals surface area (Å²) in [6.45, 7) is 11.4. The van der Waals surface area contributed by atoms with E-state index in [9.17, 15) is 0 Å². The first-order chi connectivity index (χ1) is 8.46. The van der Waals surface area contributed by atoms with Gasteiger partial charge in [-0.2, -0.15) is 0 Å². The molecule has 1 saturated heterocycles. The molecule has 1 aromatic rings. The third-order valence-electron chi connectivity index (χ3n) is 4.50. The van der Waals surface area contributed by atoms with Crippen LogP contribution in [0.15, 0.2) is 18.2 Å². The molecule has 1 aliphatic heterocycles. The first-order valence-electron chi connectivity index (χ1n) is 6.96. The van der Waals surface area contributed by atoms with Crippen LogP contribution in [0.25, 0.3) is 0 Å². The van der Waals surface area contributed by atoms with Crippen LogP contribution in [-0.2, 0) is 0 Å². The second-order valence-corrected chi connectivity index (χ2v) is 6.14. The van der Waals surface area contributed by atoms with Crippen LogP contribution in [0.2, 0.25) is 0 Å². The fraction of sp³-hybridized carbons (Fsp3) is 0.625. The number of nitrogens with zero attached hydrogens (tertiary/aromatic N) is 1. The molecule has 0 radical (unpaired) electrons. The monoisotopic (exact) mass is 246 g/mol. The van der Waals surface area contributed by atoms with Gasteiger partial charge in [-0.1, -0.05) is 12.1 Å². The molecule has 0 spiro atoms. The first kappa shape index (κ1) is 13.4. The van der Waals surface area contributed by atoms with E-state index in [-0.39, 0.29) is 5.54 Å². The predicted octanol–water partition coefficient (Wildman–Crippen LogP) is 3.13. The van der Waals surface area contributed by atoms with Crippen molar-refractivity contribution in [2.45, 2.75) is 39.7 Å². The number of rotatable bonds is 3. The van der Waals surface area contributed by atoms with Gasteiger partial charge in [0.15, 0.2) is 0 Å². The minimum absolute atomic E-state index is 0.238. The molecule has 1 N–H and O–H groups in total. The smallest absolute Gasteiger partial charge is 0.0403 e. The third kappa shape index (κ3) is 2.26. The van der Waals surface area contributed by atoms with Crippen LogP contribution in [0.5, 0.6) is 0 Å². The average molecular weight is 246 g/mol. The molecular formula is C16H26N2. The lowest BCUT2D eigenvalue weighted by atomic mass is 9.88. The Bertz CT molecular complexity index is 423. The van der Waals surface area contributed by atoms with Crippen molar-refractivity contribution < 1.29 is 0 Å². The molecule has 1 atom stereocenters. The van der Waals surface area contributed by atoms with Crippen LogP contribution < -0.4 is 10.2 Å². The van der Waals surface area contributed by atoms with Crippen molar-refractivity contribution in [3.05, 3.63) is 29.3 Å². The number of anilines is 1. The molecule has 0 aliphatic carbocycles. The maximum absolute atomic E-state index is 3.34. The van der Waals surface area contributed by atoms with Crippen molar-refractivity contribution in [3.8, 4) is 0 Å². The maximum atomic E-state index is 3.34. The second kappa shape index (κ2) is 4.93. The minimum Gasteiger partial charge on any atom is -0.366 e. The van der Waals surface area contributed by atoms with E-state index in [4.69, 9.17) is 0 Å². The number of aryl methyl sites for hydroxylation is 2. The lowest BCUT2D eigenvalue weighted by Gasteiger charge is -2.38. The number of hydrogen-bond acceptors (Lipinski definition) is 2. The van der Waals surface area contributed by atoms with Crippen LogP contribution in [0.4, 0.5) is 5.69 Å². The fourth-order valence-corrected chi connectivity index (χ4v) is 3.19. The van der Waals surface area contributed by atoms with Gasteiger partial charge >= 0.3 is 0 Å². The maximum Gasteiger partial charge on any atom is 0.0403 e. The molecule has 100 valence electrons. The Hall–Kier alpha value is -1.02. The molecule has 2 heteroatoms. The van der Waals surface area contributed by atoms with E-state index in [1.165, 1.54) is 29.8 Å². The van der Waals surface area contributed by atoms with Gasteiger partial charge in [0.05, 0.1) is 0 Å². The average Bonchev–Trinajstić information content (AvgIpc) is 2.59. The van der Waals surface area contributed by atoms with Crippen molar-refractivity contribution in [2.75, 3.05) is 25.0 Å². The van der Waals surface area contributed by atoms with Crippen molar-refractivity contribution in [3.63, 3.8) is 0 Å². The summed E-state index contributed by atoms with van der Waals surface area (Å²) < 4.78 is 0. The summed E-state index contributed by atoms with van der Waals surface area (Å²) >= 11 is 0.